The second-order valence-electron chi connectivity index (χ2n) is 4.07. The van der Waals surface area contributed by atoms with E-state index in [9.17, 15) is 14.9 Å². The van der Waals surface area contributed by atoms with Gasteiger partial charge in [0.2, 0.25) is 0 Å². The van der Waals surface area contributed by atoms with Crippen molar-refractivity contribution in [2.24, 2.45) is 0 Å². The number of nitro benzene ring substituents is 1. The zero-order valence-electron chi connectivity index (χ0n) is 10.6. The molecular formula is C12H13N3O4. The lowest BCUT2D eigenvalue weighted by Crippen LogP contribution is -2.25. The van der Waals surface area contributed by atoms with Gasteiger partial charge < -0.3 is 4.74 Å². The third-order valence-electron chi connectivity index (χ3n) is 2.86. The molecule has 0 aliphatic carbocycles. The lowest BCUT2D eigenvalue weighted by atomic mass is 10.2. The molecule has 7 heteroatoms. The molecule has 0 aliphatic heterocycles. The van der Waals surface area contributed by atoms with Gasteiger partial charge in [0.25, 0.3) is 11.2 Å². The summed E-state index contributed by atoms with van der Waals surface area (Å²) in [5.74, 6) is 0.559. The summed E-state index contributed by atoms with van der Waals surface area (Å²) in [4.78, 5) is 26.8. The van der Waals surface area contributed by atoms with Crippen LogP contribution < -0.4 is 5.56 Å². The first-order valence-electron chi connectivity index (χ1n) is 5.69. The number of aromatic nitrogens is 2. The second kappa shape index (κ2) is 5.15. The maximum atomic E-state index is 12.3. The van der Waals surface area contributed by atoms with Crippen molar-refractivity contribution in [3.05, 3.63) is 44.5 Å². The van der Waals surface area contributed by atoms with Crippen molar-refractivity contribution in [3.8, 4) is 0 Å². The van der Waals surface area contributed by atoms with Crippen molar-refractivity contribution in [2.45, 2.75) is 13.5 Å². The van der Waals surface area contributed by atoms with Crippen molar-refractivity contribution in [1.82, 2.24) is 9.55 Å². The summed E-state index contributed by atoms with van der Waals surface area (Å²) in [5.41, 5.74) is 0.0542. The fourth-order valence-electron chi connectivity index (χ4n) is 1.88. The molecule has 2 rings (SSSR count). The predicted octanol–water partition coefficient (Wildman–Crippen LogP) is 1.26. The average molecular weight is 263 g/mol. The van der Waals surface area contributed by atoms with E-state index in [1.54, 1.807) is 14.0 Å². The molecule has 100 valence electrons. The Labute approximate surface area is 108 Å². The van der Waals surface area contributed by atoms with Gasteiger partial charge in [-0.2, -0.15) is 0 Å². The quantitative estimate of drug-likeness (QED) is 0.612. The molecule has 7 nitrogen and oxygen atoms in total. The molecule has 0 bridgehead atoms. The van der Waals surface area contributed by atoms with Crippen LogP contribution in [0.1, 0.15) is 5.82 Å². The highest BCUT2D eigenvalue weighted by molar-refractivity contribution is 5.80. The summed E-state index contributed by atoms with van der Waals surface area (Å²) in [6.45, 7) is 2.47. The normalized spacial score (nSPS) is 10.8. The van der Waals surface area contributed by atoms with E-state index in [1.165, 1.54) is 22.8 Å². The van der Waals surface area contributed by atoms with Crippen LogP contribution in [0.25, 0.3) is 10.9 Å². The zero-order valence-corrected chi connectivity index (χ0v) is 10.6. The number of methoxy groups -OCH3 is 1. The summed E-state index contributed by atoms with van der Waals surface area (Å²) < 4.78 is 6.39. The number of hydrogen-bond acceptors (Lipinski definition) is 5. The van der Waals surface area contributed by atoms with Crippen molar-refractivity contribution in [1.29, 1.82) is 0 Å². The molecule has 19 heavy (non-hydrogen) atoms. The standard InChI is InChI=1S/C12H13N3O4/c1-8-13-11-4-3-9(15(17)18)7-10(11)12(16)14(8)5-6-19-2/h3-4,7H,5-6H2,1-2H3. The molecule has 0 amide bonds. The average Bonchev–Trinajstić information content (AvgIpc) is 2.38. The van der Waals surface area contributed by atoms with E-state index in [4.69, 9.17) is 4.74 Å². The monoisotopic (exact) mass is 263 g/mol. The number of aryl methyl sites for hydroxylation is 1. The molecule has 1 heterocycles. The van der Waals surface area contributed by atoms with Crippen LogP contribution in [-0.4, -0.2) is 28.2 Å². The van der Waals surface area contributed by atoms with Crippen LogP contribution in [0.2, 0.25) is 0 Å². The second-order valence-corrected chi connectivity index (χ2v) is 4.07. The van der Waals surface area contributed by atoms with Gasteiger partial charge in [-0.25, -0.2) is 4.98 Å². The third-order valence-corrected chi connectivity index (χ3v) is 2.86. The maximum Gasteiger partial charge on any atom is 0.270 e. The molecule has 0 fully saturated rings. The van der Waals surface area contributed by atoms with Crippen LogP contribution in [-0.2, 0) is 11.3 Å². The number of ether oxygens (including phenoxy) is 1. The highest BCUT2D eigenvalue weighted by Gasteiger charge is 2.12. The van der Waals surface area contributed by atoms with Gasteiger partial charge in [-0.15, -0.1) is 0 Å². The number of rotatable bonds is 4. The van der Waals surface area contributed by atoms with Crippen LogP contribution in [0.4, 0.5) is 5.69 Å². The molecule has 0 saturated heterocycles. The fraction of sp³-hybridized carbons (Fsp3) is 0.333. The van der Waals surface area contributed by atoms with E-state index < -0.39 is 4.92 Å². The van der Waals surface area contributed by atoms with Gasteiger partial charge in [-0.1, -0.05) is 0 Å². The van der Waals surface area contributed by atoms with Gasteiger partial charge in [-0.05, 0) is 13.0 Å². The Kier molecular flexibility index (Phi) is 3.57. The van der Waals surface area contributed by atoms with Crippen LogP contribution >= 0.6 is 0 Å². The highest BCUT2D eigenvalue weighted by Crippen LogP contribution is 2.16. The first-order valence-corrected chi connectivity index (χ1v) is 5.69. The van der Waals surface area contributed by atoms with E-state index >= 15 is 0 Å². The Morgan fingerprint density at radius 2 is 2.21 bits per heavy atom. The Bertz CT molecular complexity index is 693. The zero-order chi connectivity index (χ0) is 14.0. The number of benzene rings is 1. The first-order chi connectivity index (χ1) is 9.04. The number of hydrogen-bond donors (Lipinski definition) is 0. The molecule has 0 unspecified atom stereocenters. The summed E-state index contributed by atoms with van der Waals surface area (Å²) in [6, 6.07) is 4.09. The Balaban J connectivity index is 2.66. The number of nitro groups is 1. The van der Waals surface area contributed by atoms with Crippen LogP contribution in [0.15, 0.2) is 23.0 Å². The molecule has 0 spiro atoms. The van der Waals surface area contributed by atoms with Gasteiger partial charge in [0.05, 0.1) is 29.0 Å². The van der Waals surface area contributed by atoms with Crippen LogP contribution in [0.3, 0.4) is 0 Å². The van der Waals surface area contributed by atoms with Crippen LogP contribution in [0.5, 0.6) is 0 Å². The summed E-state index contributed by atoms with van der Waals surface area (Å²) in [6.07, 6.45) is 0. The highest BCUT2D eigenvalue weighted by atomic mass is 16.6. The Morgan fingerprint density at radius 1 is 1.47 bits per heavy atom. The molecule has 0 N–H and O–H groups in total. The topological polar surface area (TPSA) is 87.3 Å². The van der Waals surface area contributed by atoms with Crippen LogP contribution in [0, 0.1) is 17.0 Å². The van der Waals surface area contributed by atoms with Crippen molar-refractivity contribution >= 4 is 16.6 Å². The largest absolute Gasteiger partial charge is 0.383 e. The van der Waals surface area contributed by atoms with Crippen molar-refractivity contribution < 1.29 is 9.66 Å². The Hall–Kier alpha value is -2.28. The van der Waals surface area contributed by atoms with E-state index in [-0.39, 0.29) is 16.6 Å². The molecular weight excluding hydrogens is 250 g/mol. The molecule has 2 aromatic rings. The summed E-state index contributed by atoms with van der Waals surface area (Å²) >= 11 is 0. The molecule has 0 aliphatic rings. The minimum Gasteiger partial charge on any atom is -0.383 e. The lowest BCUT2D eigenvalue weighted by Gasteiger charge is -2.09. The van der Waals surface area contributed by atoms with Gasteiger partial charge in [0.15, 0.2) is 0 Å². The van der Waals surface area contributed by atoms with E-state index in [0.717, 1.165) is 0 Å². The molecule has 0 radical (unpaired) electrons. The lowest BCUT2D eigenvalue weighted by molar-refractivity contribution is -0.384. The van der Waals surface area contributed by atoms with Gasteiger partial charge in [-0.3, -0.25) is 19.5 Å². The SMILES string of the molecule is COCCn1c(C)nc2ccc([N+](=O)[O-])cc2c1=O. The summed E-state index contributed by atoms with van der Waals surface area (Å²) in [7, 11) is 1.54. The molecule has 0 atom stereocenters. The van der Waals surface area contributed by atoms with Gasteiger partial charge in [0.1, 0.15) is 5.82 Å². The van der Waals surface area contributed by atoms with E-state index in [0.29, 0.717) is 24.5 Å². The number of fused-ring (bicyclic) bond motifs is 1. The number of nitrogens with zero attached hydrogens (tertiary/aromatic N) is 3. The minimum absolute atomic E-state index is 0.117. The maximum absolute atomic E-state index is 12.3. The van der Waals surface area contributed by atoms with Crippen molar-refractivity contribution in [3.63, 3.8) is 0 Å². The van der Waals surface area contributed by atoms with Gasteiger partial charge in [0, 0.05) is 19.2 Å². The number of non-ortho nitro benzene ring substituents is 1. The summed E-state index contributed by atoms with van der Waals surface area (Å²) in [5, 5.41) is 11.0. The third kappa shape index (κ3) is 2.45. The van der Waals surface area contributed by atoms with E-state index in [1.807, 2.05) is 0 Å². The smallest absolute Gasteiger partial charge is 0.270 e. The van der Waals surface area contributed by atoms with Gasteiger partial charge >= 0.3 is 0 Å². The first kappa shape index (κ1) is 13.2. The van der Waals surface area contributed by atoms with Crippen molar-refractivity contribution in [2.75, 3.05) is 13.7 Å². The molecule has 1 aromatic heterocycles. The minimum atomic E-state index is -0.530. The fourth-order valence-corrected chi connectivity index (χ4v) is 1.88. The molecule has 1 aromatic carbocycles. The van der Waals surface area contributed by atoms with E-state index in [2.05, 4.69) is 4.98 Å². The Morgan fingerprint density at radius 3 is 2.84 bits per heavy atom. The predicted molar refractivity (Wildman–Crippen MR) is 69.3 cm³/mol. The molecule has 0 saturated carbocycles.